The molecular weight excluding hydrogens is 260 g/mol. The van der Waals surface area contributed by atoms with Gasteiger partial charge in [0.05, 0.1) is 0 Å². The van der Waals surface area contributed by atoms with Crippen molar-refractivity contribution in [3.63, 3.8) is 0 Å². The molecule has 0 radical (unpaired) electrons. The molecule has 0 saturated carbocycles. The Kier molecular flexibility index (Phi) is 6.25. The molecule has 2 aromatic carbocycles. The summed E-state index contributed by atoms with van der Waals surface area (Å²) in [6, 6.07) is 18.3. The average molecular weight is 284 g/mol. The first-order valence-corrected chi connectivity index (χ1v) is 7.50. The Morgan fingerprint density at radius 3 is 2.29 bits per heavy atom. The van der Waals surface area contributed by atoms with Gasteiger partial charge in [-0.2, -0.15) is 0 Å². The van der Waals surface area contributed by atoms with Crippen molar-refractivity contribution in [3.05, 3.63) is 65.7 Å². The molecule has 0 aliphatic carbocycles. The Bertz CT molecular complexity index is 528. The van der Waals surface area contributed by atoms with Crippen molar-refractivity contribution in [2.45, 2.75) is 20.0 Å². The molecule has 0 heterocycles. The smallest absolute Gasteiger partial charge is 0.119 e. The van der Waals surface area contributed by atoms with Gasteiger partial charge in [-0.3, -0.25) is 4.90 Å². The molecule has 0 atom stereocenters. The van der Waals surface area contributed by atoms with E-state index in [1.54, 1.807) is 0 Å². The van der Waals surface area contributed by atoms with Gasteiger partial charge in [0.1, 0.15) is 12.4 Å². The highest BCUT2D eigenvalue weighted by atomic mass is 16.5. The lowest BCUT2D eigenvalue weighted by molar-refractivity contribution is 0.209. The summed E-state index contributed by atoms with van der Waals surface area (Å²) in [7, 11) is 0. The van der Waals surface area contributed by atoms with Gasteiger partial charge >= 0.3 is 0 Å². The van der Waals surface area contributed by atoms with E-state index in [2.05, 4.69) is 30.0 Å². The van der Waals surface area contributed by atoms with Gasteiger partial charge in [0.25, 0.3) is 0 Å². The number of nitrogens with zero attached hydrogens (tertiary/aromatic N) is 1. The minimum atomic E-state index is 0.592. The Balaban J connectivity index is 1.85. The maximum Gasteiger partial charge on any atom is 0.119 e. The third-order valence-corrected chi connectivity index (χ3v) is 3.60. The lowest BCUT2D eigenvalue weighted by Crippen LogP contribution is -2.28. The van der Waals surface area contributed by atoms with E-state index >= 15 is 0 Å². The second kappa shape index (κ2) is 8.45. The molecule has 3 nitrogen and oxygen atoms in total. The largest absolute Gasteiger partial charge is 0.492 e. The molecule has 0 spiro atoms. The molecule has 0 aromatic heterocycles. The fourth-order valence-electron chi connectivity index (χ4n) is 2.31. The van der Waals surface area contributed by atoms with E-state index in [0.29, 0.717) is 13.2 Å². The van der Waals surface area contributed by atoms with Gasteiger partial charge in [0.2, 0.25) is 0 Å². The van der Waals surface area contributed by atoms with Crippen molar-refractivity contribution in [1.29, 1.82) is 0 Å². The van der Waals surface area contributed by atoms with E-state index in [0.717, 1.165) is 25.4 Å². The van der Waals surface area contributed by atoms with Crippen LogP contribution in [0.2, 0.25) is 0 Å². The highest BCUT2D eigenvalue weighted by molar-refractivity contribution is 5.26. The van der Waals surface area contributed by atoms with Crippen molar-refractivity contribution in [2.75, 3.05) is 19.7 Å². The maximum atomic E-state index is 5.80. The highest BCUT2D eigenvalue weighted by Crippen LogP contribution is 2.12. The zero-order chi connectivity index (χ0) is 14.9. The third-order valence-electron chi connectivity index (χ3n) is 3.60. The van der Waals surface area contributed by atoms with Crippen molar-refractivity contribution in [1.82, 2.24) is 4.90 Å². The molecule has 0 saturated heterocycles. The minimum Gasteiger partial charge on any atom is -0.492 e. The van der Waals surface area contributed by atoms with Crippen LogP contribution in [0.4, 0.5) is 0 Å². The molecular formula is C18H24N2O. The van der Waals surface area contributed by atoms with Crippen molar-refractivity contribution < 1.29 is 4.74 Å². The highest BCUT2D eigenvalue weighted by Gasteiger charge is 2.07. The number of likely N-dealkylation sites (N-methyl/N-ethyl adjacent to an activating group) is 1. The quantitative estimate of drug-likeness (QED) is 0.809. The predicted molar refractivity (Wildman–Crippen MR) is 87.2 cm³/mol. The first kappa shape index (κ1) is 15.5. The van der Waals surface area contributed by atoms with Crippen LogP contribution in [0.5, 0.6) is 5.75 Å². The van der Waals surface area contributed by atoms with Crippen LogP contribution in [0.25, 0.3) is 0 Å². The van der Waals surface area contributed by atoms with E-state index in [4.69, 9.17) is 10.5 Å². The van der Waals surface area contributed by atoms with Crippen LogP contribution in [-0.4, -0.2) is 24.6 Å². The summed E-state index contributed by atoms with van der Waals surface area (Å²) in [5.74, 6) is 0.927. The molecule has 0 fully saturated rings. The zero-order valence-electron chi connectivity index (χ0n) is 12.7. The molecule has 2 N–H and O–H groups in total. The van der Waals surface area contributed by atoms with Crippen LogP contribution in [-0.2, 0) is 13.1 Å². The van der Waals surface area contributed by atoms with Gasteiger partial charge in [-0.05, 0) is 29.8 Å². The molecule has 0 aliphatic rings. The lowest BCUT2D eigenvalue weighted by Gasteiger charge is -2.22. The molecule has 0 unspecified atom stereocenters. The van der Waals surface area contributed by atoms with Crippen LogP contribution in [0.1, 0.15) is 18.1 Å². The van der Waals surface area contributed by atoms with E-state index in [-0.39, 0.29) is 0 Å². The summed E-state index contributed by atoms with van der Waals surface area (Å²) >= 11 is 0. The number of benzene rings is 2. The van der Waals surface area contributed by atoms with E-state index in [1.165, 1.54) is 11.1 Å². The Hall–Kier alpha value is -1.84. The number of rotatable bonds is 8. The number of hydrogen-bond donors (Lipinski definition) is 1. The van der Waals surface area contributed by atoms with E-state index in [1.807, 2.05) is 36.4 Å². The molecule has 0 bridgehead atoms. The number of nitrogens with two attached hydrogens (primary N) is 1. The molecule has 3 heteroatoms. The standard InChI is InChI=1S/C18H24N2O/c1-2-20(12-13-21-18-10-4-3-5-11-18)15-17-9-7-6-8-16(17)14-19/h3-11H,2,12-15,19H2,1H3. The summed E-state index contributed by atoms with van der Waals surface area (Å²) in [5.41, 5.74) is 8.33. The maximum absolute atomic E-state index is 5.80. The number of hydrogen-bond acceptors (Lipinski definition) is 3. The zero-order valence-corrected chi connectivity index (χ0v) is 12.7. The molecule has 2 aromatic rings. The summed E-state index contributed by atoms with van der Waals surface area (Å²) in [6.45, 7) is 6.29. The topological polar surface area (TPSA) is 38.5 Å². The van der Waals surface area contributed by atoms with Gasteiger partial charge in [0, 0.05) is 19.6 Å². The van der Waals surface area contributed by atoms with E-state index in [9.17, 15) is 0 Å². The Morgan fingerprint density at radius 2 is 1.62 bits per heavy atom. The Morgan fingerprint density at radius 1 is 0.952 bits per heavy atom. The fraction of sp³-hybridized carbons (Fsp3) is 0.333. The number of para-hydroxylation sites is 1. The van der Waals surface area contributed by atoms with Crippen molar-refractivity contribution in [3.8, 4) is 5.75 Å². The predicted octanol–water partition coefficient (Wildman–Crippen LogP) is 3.05. The Labute approximate surface area is 127 Å². The van der Waals surface area contributed by atoms with Gasteiger partial charge < -0.3 is 10.5 Å². The van der Waals surface area contributed by atoms with Crippen LogP contribution in [0.15, 0.2) is 54.6 Å². The molecule has 112 valence electrons. The molecule has 0 aliphatic heterocycles. The average Bonchev–Trinajstić information content (AvgIpc) is 2.55. The second-order valence-corrected chi connectivity index (χ2v) is 5.00. The van der Waals surface area contributed by atoms with Crippen molar-refractivity contribution >= 4 is 0 Å². The summed E-state index contributed by atoms with van der Waals surface area (Å²) in [5, 5.41) is 0. The van der Waals surface area contributed by atoms with Gasteiger partial charge in [0.15, 0.2) is 0 Å². The second-order valence-electron chi connectivity index (χ2n) is 5.00. The normalized spacial score (nSPS) is 10.8. The summed E-state index contributed by atoms with van der Waals surface area (Å²) in [6.07, 6.45) is 0. The first-order valence-electron chi connectivity index (χ1n) is 7.50. The lowest BCUT2D eigenvalue weighted by atomic mass is 10.1. The van der Waals surface area contributed by atoms with E-state index < -0.39 is 0 Å². The van der Waals surface area contributed by atoms with Gasteiger partial charge in [-0.25, -0.2) is 0 Å². The molecule has 2 rings (SSSR count). The van der Waals surface area contributed by atoms with Crippen molar-refractivity contribution in [2.24, 2.45) is 5.73 Å². The van der Waals surface area contributed by atoms with Crippen LogP contribution >= 0.6 is 0 Å². The minimum absolute atomic E-state index is 0.592. The van der Waals surface area contributed by atoms with Crippen LogP contribution < -0.4 is 10.5 Å². The van der Waals surface area contributed by atoms with Crippen LogP contribution in [0.3, 0.4) is 0 Å². The summed E-state index contributed by atoms with van der Waals surface area (Å²) in [4.78, 5) is 2.37. The summed E-state index contributed by atoms with van der Waals surface area (Å²) < 4.78 is 5.77. The SMILES string of the molecule is CCN(CCOc1ccccc1)Cc1ccccc1CN. The van der Waals surface area contributed by atoms with Gasteiger partial charge in [-0.15, -0.1) is 0 Å². The molecule has 0 amide bonds. The fourth-order valence-corrected chi connectivity index (χ4v) is 2.31. The third kappa shape index (κ3) is 4.88. The molecule has 21 heavy (non-hydrogen) atoms. The number of ether oxygens (including phenoxy) is 1. The first-order chi connectivity index (χ1) is 10.3. The van der Waals surface area contributed by atoms with Crippen LogP contribution in [0, 0.1) is 0 Å². The monoisotopic (exact) mass is 284 g/mol. The van der Waals surface area contributed by atoms with Gasteiger partial charge in [-0.1, -0.05) is 49.4 Å².